The molecule has 7 nitrogen and oxygen atoms in total. The number of aryl methyl sites for hydroxylation is 1. The summed E-state index contributed by atoms with van der Waals surface area (Å²) in [5.41, 5.74) is 2.66. The molecule has 0 saturated heterocycles. The third-order valence-corrected chi connectivity index (χ3v) is 5.74. The molecule has 2 aromatic carbocycles. The highest BCUT2D eigenvalue weighted by molar-refractivity contribution is 7.71. The van der Waals surface area contributed by atoms with Crippen molar-refractivity contribution in [3.05, 3.63) is 91.1 Å². The number of hydrogen-bond donors (Lipinski definition) is 3. The average molecular weight is 461 g/mol. The van der Waals surface area contributed by atoms with Crippen molar-refractivity contribution in [2.75, 3.05) is 6.54 Å². The van der Waals surface area contributed by atoms with E-state index in [1.54, 1.807) is 13.0 Å². The van der Waals surface area contributed by atoms with E-state index in [4.69, 9.17) is 12.2 Å². The fourth-order valence-corrected chi connectivity index (χ4v) is 4.09. The molecule has 3 aromatic rings. The van der Waals surface area contributed by atoms with Gasteiger partial charge in [0.05, 0.1) is 16.7 Å². The Morgan fingerprint density at radius 2 is 2.03 bits per heavy atom. The average Bonchev–Trinajstić information content (AvgIpc) is 3.13. The van der Waals surface area contributed by atoms with Crippen LogP contribution in [0.15, 0.2) is 64.0 Å². The van der Waals surface area contributed by atoms with Crippen LogP contribution in [0.25, 0.3) is 17.3 Å². The van der Waals surface area contributed by atoms with Crippen LogP contribution in [0.3, 0.4) is 0 Å². The molecule has 33 heavy (non-hydrogen) atoms. The number of para-hydroxylation sites is 1. The number of nitrogens with zero attached hydrogens (tertiary/aromatic N) is 2. The Labute approximate surface area is 195 Å². The summed E-state index contributed by atoms with van der Waals surface area (Å²) < 4.78 is 1.53. The van der Waals surface area contributed by atoms with Crippen LogP contribution >= 0.6 is 12.2 Å². The van der Waals surface area contributed by atoms with Crippen LogP contribution in [0, 0.1) is 11.7 Å². The Bertz CT molecular complexity index is 1520. The summed E-state index contributed by atoms with van der Waals surface area (Å²) in [6, 6.07) is 15.1. The second-order valence-electron chi connectivity index (χ2n) is 7.76. The Hall–Kier alpha value is -3.78. The summed E-state index contributed by atoms with van der Waals surface area (Å²) in [5.74, 6) is -0.287. The Morgan fingerprint density at radius 1 is 1.24 bits per heavy atom. The van der Waals surface area contributed by atoms with Gasteiger partial charge in [-0.25, -0.2) is 4.99 Å². The van der Waals surface area contributed by atoms with E-state index in [2.05, 4.69) is 15.3 Å². The van der Waals surface area contributed by atoms with Crippen molar-refractivity contribution in [2.45, 2.75) is 26.7 Å². The molecule has 4 rings (SSSR count). The number of carbonyl (C=O) groups excluding carboxylic acids is 1. The maximum absolute atomic E-state index is 12.8. The number of allylic oxidation sites excluding steroid dienone is 1. The molecule has 1 aliphatic rings. The zero-order valence-electron chi connectivity index (χ0n) is 18.4. The minimum Gasteiger partial charge on any atom is -0.494 e. The highest BCUT2D eigenvalue weighted by Gasteiger charge is 2.18. The second kappa shape index (κ2) is 9.38. The lowest BCUT2D eigenvalue weighted by Crippen LogP contribution is -2.26. The standard InChI is InChI=1S/C25H24N4O3S/c1-3-22(30)26-12-11-18-17-9-4-5-10-20(17)27-21(18)14-19-23(31)28-25(33)29(24(19)32)16-8-6-7-15(2)13-16/h4-10,13-14,32H,3,11-12H2,1-2H3,(H,26,30)(H,28,31,33). The maximum atomic E-state index is 12.8. The lowest BCUT2D eigenvalue weighted by molar-refractivity contribution is -0.120. The number of aromatic hydroxyl groups is 1. The van der Waals surface area contributed by atoms with Crippen molar-refractivity contribution < 1.29 is 9.90 Å². The number of hydrogen-bond acceptors (Lipinski definition) is 5. The number of fused-ring (bicyclic) bond motifs is 1. The van der Waals surface area contributed by atoms with Gasteiger partial charge in [0.15, 0.2) is 4.77 Å². The highest BCUT2D eigenvalue weighted by atomic mass is 32.1. The molecule has 0 aliphatic carbocycles. The van der Waals surface area contributed by atoms with Crippen LogP contribution in [0.2, 0.25) is 0 Å². The first-order valence-electron chi connectivity index (χ1n) is 10.7. The predicted octanol–water partition coefficient (Wildman–Crippen LogP) is 2.65. The van der Waals surface area contributed by atoms with Gasteiger partial charge in [0.25, 0.3) is 5.56 Å². The third-order valence-electron chi connectivity index (χ3n) is 5.46. The first-order valence-corrected chi connectivity index (χ1v) is 11.1. The van der Waals surface area contributed by atoms with Crippen LogP contribution in [0.5, 0.6) is 5.88 Å². The number of amides is 1. The first kappa shape index (κ1) is 22.4. The topological polar surface area (TPSA) is 99.5 Å². The van der Waals surface area contributed by atoms with E-state index in [9.17, 15) is 14.7 Å². The SMILES string of the molecule is CCC(=O)NCCC1=c2ccccc2=NC1=Cc1c(O)n(-c2cccc(C)c2)c(=S)[nH]c1=O. The van der Waals surface area contributed by atoms with Gasteiger partial charge in [0, 0.05) is 18.2 Å². The molecular weight excluding hydrogens is 436 g/mol. The summed E-state index contributed by atoms with van der Waals surface area (Å²) in [7, 11) is 0. The number of carbonyl (C=O) groups is 1. The summed E-state index contributed by atoms with van der Waals surface area (Å²) in [6.07, 6.45) is 2.52. The molecule has 0 saturated carbocycles. The molecule has 1 aromatic heterocycles. The van der Waals surface area contributed by atoms with Crippen LogP contribution < -0.4 is 21.5 Å². The van der Waals surface area contributed by atoms with Gasteiger partial charge >= 0.3 is 0 Å². The van der Waals surface area contributed by atoms with Crippen molar-refractivity contribution in [1.82, 2.24) is 14.9 Å². The van der Waals surface area contributed by atoms with E-state index < -0.39 is 5.56 Å². The fraction of sp³-hybridized carbons (Fsp3) is 0.200. The van der Waals surface area contributed by atoms with Crippen LogP contribution in [-0.4, -0.2) is 27.1 Å². The summed E-state index contributed by atoms with van der Waals surface area (Å²) in [4.78, 5) is 31.8. The van der Waals surface area contributed by atoms with Crippen LogP contribution in [0.1, 0.15) is 30.9 Å². The maximum Gasteiger partial charge on any atom is 0.262 e. The molecule has 0 atom stereocenters. The predicted molar refractivity (Wildman–Crippen MR) is 130 cm³/mol. The summed E-state index contributed by atoms with van der Waals surface area (Å²) in [6.45, 7) is 4.18. The van der Waals surface area contributed by atoms with E-state index in [0.717, 1.165) is 21.7 Å². The fourth-order valence-electron chi connectivity index (χ4n) is 3.81. The number of aromatic nitrogens is 2. The monoisotopic (exact) mass is 460 g/mol. The Balaban J connectivity index is 1.83. The van der Waals surface area contributed by atoms with Gasteiger partial charge in [0.2, 0.25) is 11.8 Å². The van der Waals surface area contributed by atoms with Crippen LogP contribution in [-0.2, 0) is 4.79 Å². The molecule has 8 heteroatoms. The molecule has 1 aliphatic heterocycles. The zero-order valence-corrected chi connectivity index (χ0v) is 19.2. The number of benzene rings is 2. The van der Waals surface area contributed by atoms with E-state index >= 15 is 0 Å². The normalized spacial score (nSPS) is 13.6. The number of H-pyrrole nitrogens is 1. The largest absolute Gasteiger partial charge is 0.494 e. The van der Waals surface area contributed by atoms with E-state index in [0.29, 0.717) is 30.8 Å². The van der Waals surface area contributed by atoms with Crippen molar-refractivity contribution >= 4 is 29.8 Å². The van der Waals surface area contributed by atoms with E-state index in [1.165, 1.54) is 4.57 Å². The third kappa shape index (κ3) is 4.56. The molecular formula is C25H24N4O3S. The molecule has 0 radical (unpaired) electrons. The van der Waals surface area contributed by atoms with Crippen molar-refractivity contribution in [1.29, 1.82) is 0 Å². The number of aromatic amines is 1. The van der Waals surface area contributed by atoms with Crippen molar-refractivity contribution in [3.63, 3.8) is 0 Å². The van der Waals surface area contributed by atoms with Gasteiger partial charge in [0.1, 0.15) is 5.56 Å². The minimum absolute atomic E-state index is 0.0290. The number of nitrogens with one attached hydrogen (secondary N) is 2. The van der Waals surface area contributed by atoms with E-state index in [1.807, 2.05) is 55.5 Å². The Kier molecular flexibility index (Phi) is 6.37. The molecule has 0 bridgehead atoms. The van der Waals surface area contributed by atoms with Gasteiger partial charge < -0.3 is 10.4 Å². The lowest BCUT2D eigenvalue weighted by atomic mass is 10.1. The van der Waals surface area contributed by atoms with Gasteiger partial charge in [-0.3, -0.25) is 19.1 Å². The first-order chi connectivity index (χ1) is 15.9. The molecule has 3 N–H and O–H groups in total. The van der Waals surface area contributed by atoms with Gasteiger partial charge in [-0.1, -0.05) is 37.3 Å². The molecule has 0 unspecified atom stereocenters. The van der Waals surface area contributed by atoms with Gasteiger partial charge in [-0.05, 0) is 61.0 Å². The number of rotatable bonds is 6. The highest BCUT2D eigenvalue weighted by Crippen LogP contribution is 2.25. The zero-order chi connectivity index (χ0) is 23.5. The van der Waals surface area contributed by atoms with Crippen LogP contribution in [0.4, 0.5) is 0 Å². The van der Waals surface area contributed by atoms with Crippen molar-refractivity contribution in [2.24, 2.45) is 4.99 Å². The molecule has 168 valence electrons. The lowest BCUT2D eigenvalue weighted by Gasteiger charge is -2.12. The quantitative estimate of drug-likeness (QED) is 0.493. The smallest absolute Gasteiger partial charge is 0.262 e. The van der Waals surface area contributed by atoms with Crippen molar-refractivity contribution in [3.8, 4) is 11.6 Å². The molecule has 0 spiro atoms. The van der Waals surface area contributed by atoms with E-state index in [-0.39, 0.29) is 22.1 Å². The molecule has 2 heterocycles. The van der Waals surface area contributed by atoms with Gasteiger partial charge in [-0.2, -0.15) is 0 Å². The van der Waals surface area contributed by atoms with Gasteiger partial charge in [-0.15, -0.1) is 0 Å². The second-order valence-corrected chi connectivity index (χ2v) is 8.15. The minimum atomic E-state index is -0.501. The summed E-state index contributed by atoms with van der Waals surface area (Å²) >= 11 is 5.33. The summed E-state index contributed by atoms with van der Waals surface area (Å²) in [5, 5.41) is 15.7. The molecule has 1 amide bonds. The molecule has 0 fully saturated rings. The Morgan fingerprint density at radius 3 is 2.79 bits per heavy atom.